The molecule has 1 fully saturated rings. The second-order valence-corrected chi connectivity index (χ2v) is 4.61. The summed E-state index contributed by atoms with van der Waals surface area (Å²) < 4.78 is 5.39. The second-order valence-electron chi connectivity index (χ2n) is 4.61. The van der Waals surface area contributed by atoms with E-state index >= 15 is 0 Å². The average molecular weight is 231 g/mol. The summed E-state index contributed by atoms with van der Waals surface area (Å²) >= 11 is 0. The van der Waals surface area contributed by atoms with Gasteiger partial charge >= 0.3 is 0 Å². The molecular formula is C13H17N3O. The number of fused-ring (bicyclic) bond motifs is 1. The molecule has 0 saturated carbocycles. The van der Waals surface area contributed by atoms with Crippen molar-refractivity contribution in [3.8, 4) is 0 Å². The first-order valence-electron chi connectivity index (χ1n) is 6.20. The highest BCUT2D eigenvalue weighted by Gasteiger charge is 2.18. The average Bonchev–Trinajstić information content (AvgIpc) is 2.70. The minimum absolute atomic E-state index is 0.103. The molecule has 0 amide bonds. The van der Waals surface area contributed by atoms with Gasteiger partial charge in [0, 0.05) is 18.7 Å². The van der Waals surface area contributed by atoms with Gasteiger partial charge in [0.2, 0.25) is 0 Å². The SMILES string of the molecule is NC1CCCCCN1c1cnc2ccoc2c1. The van der Waals surface area contributed by atoms with Gasteiger partial charge in [-0.3, -0.25) is 4.98 Å². The van der Waals surface area contributed by atoms with Crippen molar-refractivity contribution in [2.75, 3.05) is 11.4 Å². The van der Waals surface area contributed by atoms with Gasteiger partial charge in [0.15, 0.2) is 5.58 Å². The van der Waals surface area contributed by atoms with Gasteiger partial charge in [-0.05, 0) is 19.3 Å². The molecule has 0 spiro atoms. The van der Waals surface area contributed by atoms with Crippen molar-refractivity contribution in [1.29, 1.82) is 0 Å². The summed E-state index contributed by atoms with van der Waals surface area (Å²) in [5.41, 5.74) is 9.00. The van der Waals surface area contributed by atoms with Crippen LogP contribution in [0.4, 0.5) is 5.69 Å². The molecule has 0 aromatic carbocycles. The molecule has 1 aliphatic heterocycles. The van der Waals surface area contributed by atoms with Crippen molar-refractivity contribution >= 4 is 16.8 Å². The zero-order chi connectivity index (χ0) is 11.7. The molecule has 3 heterocycles. The molecule has 0 bridgehead atoms. The Morgan fingerprint density at radius 2 is 2.29 bits per heavy atom. The van der Waals surface area contributed by atoms with E-state index in [9.17, 15) is 0 Å². The van der Waals surface area contributed by atoms with E-state index in [2.05, 4.69) is 9.88 Å². The van der Waals surface area contributed by atoms with E-state index in [1.165, 1.54) is 19.3 Å². The lowest BCUT2D eigenvalue weighted by atomic mass is 10.2. The molecule has 1 unspecified atom stereocenters. The molecular weight excluding hydrogens is 214 g/mol. The molecule has 4 nitrogen and oxygen atoms in total. The third-order valence-electron chi connectivity index (χ3n) is 3.42. The Bertz CT molecular complexity index is 508. The third kappa shape index (κ3) is 2.00. The van der Waals surface area contributed by atoms with Crippen LogP contribution in [0.25, 0.3) is 11.1 Å². The van der Waals surface area contributed by atoms with Crippen LogP contribution in [0.1, 0.15) is 25.7 Å². The Kier molecular flexibility index (Phi) is 2.73. The van der Waals surface area contributed by atoms with Crippen molar-refractivity contribution in [1.82, 2.24) is 4.98 Å². The summed E-state index contributed by atoms with van der Waals surface area (Å²) in [6, 6.07) is 3.91. The number of anilines is 1. The number of rotatable bonds is 1. The van der Waals surface area contributed by atoms with Gasteiger partial charge < -0.3 is 15.1 Å². The molecule has 90 valence electrons. The van der Waals surface area contributed by atoms with Crippen LogP contribution < -0.4 is 10.6 Å². The van der Waals surface area contributed by atoms with Crippen LogP contribution in [-0.4, -0.2) is 17.7 Å². The fourth-order valence-corrected chi connectivity index (χ4v) is 2.45. The number of nitrogens with zero attached hydrogens (tertiary/aromatic N) is 2. The molecule has 2 aromatic heterocycles. The van der Waals surface area contributed by atoms with Crippen molar-refractivity contribution in [3.05, 3.63) is 24.6 Å². The van der Waals surface area contributed by atoms with Gasteiger partial charge in [-0.15, -0.1) is 0 Å². The molecule has 3 rings (SSSR count). The fraction of sp³-hybridized carbons (Fsp3) is 0.462. The smallest absolute Gasteiger partial charge is 0.154 e. The second kappa shape index (κ2) is 4.37. The highest BCUT2D eigenvalue weighted by Crippen LogP contribution is 2.24. The Labute approximate surface area is 100 Å². The van der Waals surface area contributed by atoms with Gasteiger partial charge in [0.05, 0.1) is 24.3 Å². The first-order chi connectivity index (χ1) is 8.34. The Morgan fingerprint density at radius 3 is 3.24 bits per heavy atom. The standard InChI is InChI=1S/C13H17N3O/c14-13-4-2-1-3-6-16(13)10-8-12-11(15-9-10)5-7-17-12/h5,7-9,13H,1-4,6,14H2. The molecule has 0 radical (unpaired) electrons. The predicted octanol–water partition coefficient (Wildman–Crippen LogP) is 2.49. The highest BCUT2D eigenvalue weighted by atomic mass is 16.3. The molecule has 2 aromatic rings. The summed E-state index contributed by atoms with van der Waals surface area (Å²) in [6.07, 6.45) is 8.40. The van der Waals surface area contributed by atoms with Gasteiger partial charge in [-0.1, -0.05) is 6.42 Å². The summed E-state index contributed by atoms with van der Waals surface area (Å²) in [5.74, 6) is 0. The van der Waals surface area contributed by atoms with Crippen LogP contribution in [0.5, 0.6) is 0 Å². The van der Waals surface area contributed by atoms with E-state index in [4.69, 9.17) is 10.2 Å². The van der Waals surface area contributed by atoms with Crippen molar-refractivity contribution in [2.45, 2.75) is 31.8 Å². The first-order valence-corrected chi connectivity index (χ1v) is 6.20. The van der Waals surface area contributed by atoms with Gasteiger partial charge in [-0.2, -0.15) is 0 Å². The Balaban J connectivity index is 1.95. The molecule has 2 N–H and O–H groups in total. The number of aromatic nitrogens is 1. The number of furan rings is 1. The minimum atomic E-state index is 0.103. The van der Waals surface area contributed by atoms with E-state index in [-0.39, 0.29) is 6.17 Å². The van der Waals surface area contributed by atoms with Crippen LogP contribution in [0.15, 0.2) is 29.0 Å². The lowest BCUT2D eigenvalue weighted by Crippen LogP contribution is -2.41. The largest absolute Gasteiger partial charge is 0.463 e. The number of hydrogen-bond acceptors (Lipinski definition) is 4. The van der Waals surface area contributed by atoms with Crippen LogP contribution in [-0.2, 0) is 0 Å². The molecule has 1 aliphatic rings. The normalized spacial score (nSPS) is 21.7. The maximum atomic E-state index is 6.20. The number of pyridine rings is 1. The Morgan fingerprint density at radius 1 is 1.35 bits per heavy atom. The predicted molar refractivity (Wildman–Crippen MR) is 67.8 cm³/mol. The molecule has 4 heteroatoms. The zero-order valence-corrected chi connectivity index (χ0v) is 9.80. The van der Waals surface area contributed by atoms with Crippen LogP contribution in [0.3, 0.4) is 0 Å². The quantitative estimate of drug-likeness (QED) is 0.819. The van der Waals surface area contributed by atoms with Crippen molar-refractivity contribution < 1.29 is 4.42 Å². The van der Waals surface area contributed by atoms with Gasteiger partial charge in [-0.25, -0.2) is 0 Å². The van der Waals surface area contributed by atoms with Crippen LogP contribution in [0.2, 0.25) is 0 Å². The summed E-state index contributed by atoms with van der Waals surface area (Å²) in [5, 5.41) is 0. The van der Waals surface area contributed by atoms with Crippen molar-refractivity contribution in [2.24, 2.45) is 5.73 Å². The van der Waals surface area contributed by atoms with Crippen LogP contribution in [0, 0.1) is 0 Å². The van der Waals surface area contributed by atoms with Crippen molar-refractivity contribution in [3.63, 3.8) is 0 Å². The van der Waals surface area contributed by atoms with E-state index < -0.39 is 0 Å². The topological polar surface area (TPSA) is 55.3 Å². The van der Waals surface area contributed by atoms with E-state index in [0.717, 1.165) is 29.8 Å². The highest BCUT2D eigenvalue weighted by molar-refractivity contribution is 5.76. The van der Waals surface area contributed by atoms with Crippen LogP contribution >= 0.6 is 0 Å². The maximum Gasteiger partial charge on any atom is 0.154 e. The molecule has 0 aliphatic carbocycles. The van der Waals surface area contributed by atoms with Gasteiger partial charge in [0.25, 0.3) is 0 Å². The lowest BCUT2D eigenvalue weighted by Gasteiger charge is -2.28. The molecule has 1 saturated heterocycles. The maximum absolute atomic E-state index is 6.20. The summed E-state index contributed by atoms with van der Waals surface area (Å²) in [7, 11) is 0. The molecule has 17 heavy (non-hydrogen) atoms. The van der Waals surface area contributed by atoms with Gasteiger partial charge in [0.1, 0.15) is 5.52 Å². The summed E-state index contributed by atoms with van der Waals surface area (Å²) in [4.78, 5) is 6.63. The minimum Gasteiger partial charge on any atom is -0.463 e. The molecule has 1 atom stereocenters. The first kappa shape index (κ1) is 10.6. The lowest BCUT2D eigenvalue weighted by molar-refractivity contribution is 0.590. The Hall–Kier alpha value is -1.55. The zero-order valence-electron chi connectivity index (χ0n) is 9.80. The number of nitrogens with two attached hydrogens (primary N) is 1. The fourth-order valence-electron chi connectivity index (χ4n) is 2.45. The third-order valence-corrected chi connectivity index (χ3v) is 3.42. The monoisotopic (exact) mass is 231 g/mol. The van der Waals surface area contributed by atoms with E-state index in [1.54, 1.807) is 6.26 Å². The summed E-state index contributed by atoms with van der Waals surface area (Å²) in [6.45, 7) is 1.01. The van der Waals surface area contributed by atoms with E-state index in [0.29, 0.717) is 0 Å². The number of hydrogen-bond donors (Lipinski definition) is 1. The van der Waals surface area contributed by atoms with E-state index in [1.807, 2.05) is 18.3 Å².